The highest BCUT2D eigenvalue weighted by Crippen LogP contribution is 2.36. The second-order valence-corrected chi connectivity index (χ2v) is 10.3. The zero-order chi connectivity index (χ0) is 23.4. The van der Waals surface area contributed by atoms with Crippen LogP contribution in [0, 0.1) is 24.2 Å². The summed E-state index contributed by atoms with van der Waals surface area (Å²) in [5, 5.41) is 9.75. The van der Waals surface area contributed by atoms with Crippen LogP contribution in [0.3, 0.4) is 0 Å². The molecule has 172 valence electrons. The first-order valence-corrected chi connectivity index (χ1v) is 12.7. The smallest absolute Gasteiger partial charge is 0.270 e. The Morgan fingerprint density at radius 1 is 1.19 bits per heavy atom. The third-order valence-electron chi connectivity index (χ3n) is 6.26. The summed E-state index contributed by atoms with van der Waals surface area (Å²) in [7, 11) is 0. The molecule has 2 saturated heterocycles. The molecule has 6 nitrogen and oxygen atoms in total. The van der Waals surface area contributed by atoms with Crippen LogP contribution in [0.4, 0.5) is 5.82 Å². The Kier molecular flexibility index (Phi) is 8.18. The quantitative estimate of drug-likeness (QED) is 0.424. The van der Waals surface area contributed by atoms with Crippen molar-refractivity contribution in [2.45, 2.75) is 66.3 Å². The molecule has 2 aliphatic rings. The second kappa shape index (κ2) is 10.7. The lowest BCUT2D eigenvalue weighted by Crippen LogP contribution is -2.39. The zero-order valence-corrected chi connectivity index (χ0v) is 21.1. The number of hydrogen-bond donors (Lipinski definition) is 0. The first-order valence-electron chi connectivity index (χ1n) is 11.5. The van der Waals surface area contributed by atoms with Crippen molar-refractivity contribution in [1.82, 2.24) is 9.47 Å². The molecule has 32 heavy (non-hydrogen) atoms. The number of piperidine rings is 1. The molecule has 1 amide bonds. The molecule has 0 radical (unpaired) electrons. The van der Waals surface area contributed by atoms with Crippen molar-refractivity contribution < 1.29 is 4.79 Å². The number of rotatable bonds is 7. The number of carbonyl (C=O) groups is 1. The Morgan fingerprint density at radius 2 is 1.88 bits per heavy atom. The second-order valence-electron chi connectivity index (χ2n) is 8.66. The molecule has 3 heterocycles. The summed E-state index contributed by atoms with van der Waals surface area (Å²) in [5.74, 6) is 1.40. The standard InChI is InChI=1S/C24H32N4O2S2/c1-5-7-11-28-23(30)20(32-24(28)31)14-18-17(4)19(15-25)22(29)27(10-6-2)21(18)26-12-8-16(3)9-13-26/h14,16H,5-13H2,1-4H3/b20-14+. The number of anilines is 1. The van der Waals surface area contributed by atoms with Gasteiger partial charge in [-0.15, -0.1) is 0 Å². The monoisotopic (exact) mass is 472 g/mol. The summed E-state index contributed by atoms with van der Waals surface area (Å²) in [4.78, 5) is 30.8. The molecule has 0 spiro atoms. The van der Waals surface area contributed by atoms with Crippen molar-refractivity contribution in [2.75, 3.05) is 24.5 Å². The van der Waals surface area contributed by atoms with E-state index < -0.39 is 0 Å². The number of unbranched alkanes of at least 4 members (excludes halogenated alkanes) is 1. The number of hydrogen-bond acceptors (Lipinski definition) is 6. The third-order valence-corrected chi connectivity index (χ3v) is 7.64. The van der Waals surface area contributed by atoms with Gasteiger partial charge in [0, 0.05) is 31.7 Å². The normalized spacial score (nSPS) is 18.7. The Balaban J connectivity index is 2.18. The van der Waals surface area contributed by atoms with Gasteiger partial charge in [-0.1, -0.05) is 51.2 Å². The number of nitriles is 1. The van der Waals surface area contributed by atoms with E-state index in [0.29, 0.717) is 33.8 Å². The number of thioether (sulfide) groups is 1. The van der Waals surface area contributed by atoms with E-state index in [1.165, 1.54) is 11.8 Å². The topological polar surface area (TPSA) is 69.3 Å². The highest BCUT2D eigenvalue weighted by atomic mass is 32.2. The van der Waals surface area contributed by atoms with Crippen LogP contribution >= 0.6 is 24.0 Å². The van der Waals surface area contributed by atoms with E-state index in [4.69, 9.17) is 12.2 Å². The summed E-state index contributed by atoms with van der Waals surface area (Å²) >= 11 is 6.78. The summed E-state index contributed by atoms with van der Waals surface area (Å²) in [6.07, 6.45) is 6.64. The van der Waals surface area contributed by atoms with Crippen LogP contribution in [0.5, 0.6) is 0 Å². The fourth-order valence-electron chi connectivity index (χ4n) is 4.28. The molecule has 1 aromatic heterocycles. The van der Waals surface area contributed by atoms with Crippen LogP contribution in [0.25, 0.3) is 6.08 Å². The summed E-state index contributed by atoms with van der Waals surface area (Å²) in [5.41, 5.74) is 1.34. The van der Waals surface area contributed by atoms with Gasteiger partial charge in [-0.3, -0.25) is 19.1 Å². The SMILES string of the molecule is CCCCN1C(=O)/C(=C\c2c(C)c(C#N)c(=O)n(CCC)c2N2CCC(C)CC2)SC1=S. The van der Waals surface area contributed by atoms with Crippen molar-refractivity contribution in [3.63, 3.8) is 0 Å². The van der Waals surface area contributed by atoms with Crippen molar-refractivity contribution in [3.8, 4) is 6.07 Å². The van der Waals surface area contributed by atoms with Crippen molar-refractivity contribution in [1.29, 1.82) is 5.26 Å². The van der Waals surface area contributed by atoms with E-state index in [1.807, 2.05) is 19.9 Å². The molecule has 3 rings (SSSR count). The van der Waals surface area contributed by atoms with Crippen LogP contribution in [0.15, 0.2) is 9.70 Å². The fourth-order valence-corrected chi connectivity index (χ4v) is 5.57. The molecule has 0 aliphatic carbocycles. The lowest BCUT2D eigenvalue weighted by atomic mass is 9.97. The number of amides is 1. The minimum absolute atomic E-state index is 0.0854. The van der Waals surface area contributed by atoms with Crippen LogP contribution < -0.4 is 10.5 Å². The molecular weight excluding hydrogens is 440 g/mol. The Hall–Kier alpha value is -2.11. The molecule has 1 aromatic rings. The van der Waals surface area contributed by atoms with Crippen LogP contribution in [0.1, 0.15) is 69.6 Å². The van der Waals surface area contributed by atoms with Gasteiger partial charge in [-0.25, -0.2) is 0 Å². The van der Waals surface area contributed by atoms with Gasteiger partial charge in [0.1, 0.15) is 21.8 Å². The highest BCUT2D eigenvalue weighted by molar-refractivity contribution is 8.26. The van der Waals surface area contributed by atoms with E-state index in [9.17, 15) is 14.9 Å². The van der Waals surface area contributed by atoms with Gasteiger partial charge in [0.15, 0.2) is 0 Å². The Morgan fingerprint density at radius 3 is 2.47 bits per heavy atom. The van der Waals surface area contributed by atoms with Crippen LogP contribution in [-0.4, -0.2) is 39.3 Å². The number of nitrogens with zero attached hydrogens (tertiary/aromatic N) is 4. The van der Waals surface area contributed by atoms with Gasteiger partial charge in [0.25, 0.3) is 11.5 Å². The van der Waals surface area contributed by atoms with Crippen LogP contribution in [-0.2, 0) is 11.3 Å². The zero-order valence-electron chi connectivity index (χ0n) is 19.4. The van der Waals surface area contributed by atoms with Crippen molar-refractivity contribution >= 4 is 46.1 Å². The molecule has 2 aliphatic heterocycles. The van der Waals surface area contributed by atoms with Gasteiger partial charge in [0.2, 0.25) is 0 Å². The maximum absolute atomic E-state index is 13.2. The number of pyridine rings is 1. The molecule has 2 fully saturated rings. The summed E-state index contributed by atoms with van der Waals surface area (Å²) < 4.78 is 2.31. The van der Waals surface area contributed by atoms with E-state index in [2.05, 4.69) is 24.8 Å². The van der Waals surface area contributed by atoms with Gasteiger partial charge in [-0.2, -0.15) is 5.26 Å². The van der Waals surface area contributed by atoms with Gasteiger partial charge >= 0.3 is 0 Å². The lowest BCUT2D eigenvalue weighted by molar-refractivity contribution is -0.122. The highest BCUT2D eigenvalue weighted by Gasteiger charge is 2.33. The van der Waals surface area contributed by atoms with E-state index >= 15 is 0 Å². The number of thiocarbonyl (C=S) groups is 1. The predicted octanol–water partition coefficient (Wildman–Crippen LogP) is 4.68. The third kappa shape index (κ3) is 4.79. The van der Waals surface area contributed by atoms with Gasteiger partial charge in [-0.05, 0) is 50.2 Å². The van der Waals surface area contributed by atoms with E-state index in [1.54, 1.807) is 9.47 Å². The van der Waals surface area contributed by atoms with Gasteiger partial charge in [0.05, 0.1) is 4.91 Å². The van der Waals surface area contributed by atoms with E-state index in [0.717, 1.165) is 56.6 Å². The minimum Gasteiger partial charge on any atom is -0.357 e. The first-order chi connectivity index (χ1) is 15.3. The average molecular weight is 473 g/mol. The molecule has 0 aromatic carbocycles. The van der Waals surface area contributed by atoms with Crippen molar-refractivity contribution in [2.24, 2.45) is 5.92 Å². The predicted molar refractivity (Wildman–Crippen MR) is 136 cm³/mol. The number of carbonyl (C=O) groups excluding carboxylic acids is 1. The Bertz CT molecular complexity index is 1030. The molecule has 0 unspecified atom stereocenters. The summed E-state index contributed by atoms with van der Waals surface area (Å²) in [6.45, 7) is 11.0. The van der Waals surface area contributed by atoms with Gasteiger partial charge < -0.3 is 4.90 Å². The number of aromatic nitrogens is 1. The molecular formula is C24H32N4O2S2. The fraction of sp³-hybridized carbons (Fsp3) is 0.583. The Labute approximate surface area is 200 Å². The van der Waals surface area contributed by atoms with Crippen molar-refractivity contribution in [3.05, 3.63) is 31.9 Å². The summed E-state index contributed by atoms with van der Waals surface area (Å²) in [6, 6.07) is 2.11. The molecule has 8 heteroatoms. The maximum Gasteiger partial charge on any atom is 0.270 e. The lowest BCUT2D eigenvalue weighted by Gasteiger charge is -2.35. The first kappa shape index (κ1) is 24.5. The molecule has 0 bridgehead atoms. The van der Waals surface area contributed by atoms with Crippen LogP contribution in [0.2, 0.25) is 0 Å². The minimum atomic E-state index is -0.242. The molecule has 0 saturated carbocycles. The molecule has 0 atom stereocenters. The average Bonchev–Trinajstić information content (AvgIpc) is 3.04. The molecule has 0 N–H and O–H groups in total. The van der Waals surface area contributed by atoms with E-state index in [-0.39, 0.29) is 17.0 Å². The maximum atomic E-state index is 13.2. The largest absolute Gasteiger partial charge is 0.357 e.